The van der Waals surface area contributed by atoms with E-state index in [0.717, 1.165) is 24.2 Å². The molecule has 0 radical (unpaired) electrons. The molecule has 1 N–H and O–H groups in total. The van der Waals surface area contributed by atoms with Gasteiger partial charge in [-0.15, -0.1) is 0 Å². The van der Waals surface area contributed by atoms with E-state index in [9.17, 15) is 9.18 Å². The summed E-state index contributed by atoms with van der Waals surface area (Å²) in [7, 11) is 0. The zero-order valence-electron chi connectivity index (χ0n) is 9.79. The average molecular weight is 253 g/mol. The van der Waals surface area contributed by atoms with Crippen LogP contribution in [0.1, 0.15) is 24.8 Å². The normalized spacial score (nSPS) is 16.6. The highest BCUT2D eigenvalue weighted by Crippen LogP contribution is 2.49. The predicted octanol–water partition coefficient (Wildman–Crippen LogP) is 3.17. The summed E-state index contributed by atoms with van der Waals surface area (Å²) in [6, 6.07) is 4.80. The maximum atomic E-state index is 13.5. The van der Waals surface area contributed by atoms with Crippen LogP contribution in [0.15, 0.2) is 18.2 Å². The van der Waals surface area contributed by atoms with E-state index < -0.39 is 0 Å². The molecule has 1 aliphatic rings. The molecule has 17 heavy (non-hydrogen) atoms. The second kappa shape index (κ2) is 4.69. The van der Waals surface area contributed by atoms with Crippen molar-refractivity contribution in [2.45, 2.75) is 26.2 Å². The van der Waals surface area contributed by atoms with Gasteiger partial charge >= 0.3 is 0 Å². The Morgan fingerprint density at radius 1 is 1.53 bits per heavy atom. The lowest BCUT2D eigenvalue weighted by atomic mass is 10.1. The van der Waals surface area contributed by atoms with Crippen LogP contribution in [-0.4, -0.2) is 11.7 Å². The maximum Gasteiger partial charge on any atom is 0.225 e. The number of aryl methyl sites for hydroxylation is 1. The van der Waals surface area contributed by atoms with E-state index in [1.54, 1.807) is 12.1 Å². The van der Waals surface area contributed by atoms with Gasteiger partial charge in [0.15, 0.2) is 0 Å². The number of amides is 1. The summed E-state index contributed by atoms with van der Waals surface area (Å²) in [4.78, 5) is 11.8. The Kier molecular flexibility index (Phi) is 3.43. The number of halogens is 1. The van der Waals surface area contributed by atoms with Gasteiger partial charge in [-0.1, -0.05) is 6.07 Å². The second-order valence-corrected chi connectivity index (χ2v) is 5.18. The van der Waals surface area contributed by atoms with Crippen molar-refractivity contribution in [1.29, 1.82) is 0 Å². The van der Waals surface area contributed by atoms with Crippen LogP contribution in [0.4, 0.5) is 10.1 Å². The minimum Gasteiger partial charge on any atom is -0.324 e. The summed E-state index contributed by atoms with van der Waals surface area (Å²) in [5, 5.41) is 2.62. The average Bonchev–Trinajstić information content (AvgIpc) is 3.03. The van der Waals surface area contributed by atoms with Crippen molar-refractivity contribution >= 4 is 24.2 Å². The molecule has 0 unspecified atom stereocenters. The van der Waals surface area contributed by atoms with Crippen molar-refractivity contribution in [3.63, 3.8) is 0 Å². The van der Waals surface area contributed by atoms with Crippen LogP contribution in [0, 0.1) is 18.2 Å². The first kappa shape index (κ1) is 12.4. The number of carbonyl (C=O) groups excluding carboxylic acids is 1. The molecule has 1 aromatic rings. The molecule has 0 heterocycles. The molecule has 2 rings (SSSR count). The molecular weight excluding hydrogens is 237 g/mol. The first-order valence-corrected chi connectivity index (χ1v) is 6.35. The third-order valence-electron chi connectivity index (χ3n) is 3.23. The Morgan fingerprint density at radius 2 is 2.24 bits per heavy atom. The van der Waals surface area contributed by atoms with Crippen molar-refractivity contribution in [3.05, 3.63) is 29.6 Å². The SMILES string of the molecule is Cc1ccc(NC(=O)CC2(CS)CC2)c(F)c1. The van der Waals surface area contributed by atoms with Crippen LogP contribution in [0.25, 0.3) is 0 Å². The largest absolute Gasteiger partial charge is 0.324 e. The first-order valence-electron chi connectivity index (χ1n) is 5.72. The van der Waals surface area contributed by atoms with E-state index in [2.05, 4.69) is 17.9 Å². The Labute approximate surface area is 106 Å². The van der Waals surface area contributed by atoms with E-state index >= 15 is 0 Å². The van der Waals surface area contributed by atoms with Crippen LogP contribution >= 0.6 is 12.6 Å². The fourth-order valence-electron chi connectivity index (χ4n) is 1.82. The number of nitrogens with one attached hydrogen (secondary N) is 1. The molecule has 1 saturated carbocycles. The molecule has 1 amide bonds. The number of hydrogen-bond donors (Lipinski definition) is 2. The molecule has 0 saturated heterocycles. The number of carbonyl (C=O) groups is 1. The fraction of sp³-hybridized carbons (Fsp3) is 0.462. The van der Waals surface area contributed by atoms with E-state index in [0.29, 0.717) is 6.42 Å². The minimum atomic E-state index is -0.380. The lowest BCUT2D eigenvalue weighted by molar-refractivity contribution is -0.117. The van der Waals surface area contributed by atoms with Crippen molar-refractivity contribution < 1.29 is 9.18 Å². The molecule has 0 atom stereocenters. The molecule has 4 heteroatoms. The number of benzene rings is 1. The third kappa shape index (κ3) is 3.00. The molecule has 1 aliphatic carbocycles. The summed E-state index contributed by atoms with van der Waals surface area (Å²) in [5.74, 6) is 0.213. The number of hydrogen-bond acceptors (Lipinski definition) is 2. The maximum absolute atomic E-state index is 13.5. The smallest absolute Gasteiger partial charge is 0.225 e. The predicted molar refractivity (Wildman–Crippen MR) is 69.9 cm³/mol. The Morgan fingerprint density at radius 3 is 2.76 bits per heavy atom. The fourth-order valence-corrected chi connectivity index (χ4v) is 2.25. The van der Waals surface area contributed by atoms with Crippen molar-refractivity contribution in [3.8, 4) is 0 Å². The molecule has 0 aliphatic heterocycles. The van der Waals surface area contributed by atoms with Gasteiger partial charge in [0, 0.05) is 6.42 Å². The van der Waals surface area contributed by atoms with Gasteiger partial charge in [0.25, 0.3) is 0 Å². The minimum absolute atomic E-state index is 0.0639. The first-order chi connectivity index (χ1) is 8.04. The molecule has 92 valence electrons. The standard InChI is InChI=1S/C13H16FNOS/c1-9-2-3-11(10(14)6-9)15-12(16)7-13(8-17)4-5-13/h2-3,6,17H,4-5,7-8H2,1H3,(H,15,16). The Balaban J connectivity index is 1.98. The van der Waals surface area contributed by atoms with Crippen molar-refractivity contribution in [2.75, 3.05) is 11.1 Å². The van der Waals surface area contributed by atoms with Gasteiger partial charge in [-0.05, 0) is 48.6 Å². The molecule has 2 nitrogen and oxygen atoms in total. The van der Waals surface area contributed by atoms with Gasteiger partial charge in [0.2, 0.25) is 5.91 Å². The van der Waals surface area contributed by atoms with Crippen molar-refractivity contribution in [2.24, 2.45) is 5.41 Å². The van der Waals surface area contributed by atoms with E-state index in [1.807, 2.05) is 6.92 Å². The van der Waals surface area contributed by atoms with E-state index in [1.165, 1.54) is 6.07 Å². The molecular formula is C13H16FNOS. The van der Waals surface area contributed by atoms with E-state index in [-0.39, 0.29) is 22.8 Å². The highest BCUT2D eigenvalue weighted by molar-refractivity contribution is 7.80. The second-order valence-electron chi connectivity index (χ2n) is 4.87. The zero-order valence-corrected chi connectivity index (χ0v) is 10.7. The summed E-state index contributed by atoms with van der Waals surface area (Å²) < 4.78 is 13.5. The lowest BCUT2D eigenvalue weighted by Crippen LogP contribution is -2.18. The molecule has 0 aromatic heterocycles. The highest BCUT2D eigenvalue weighted by atomic mass is 32.1. The van der Waals surface area contributed by atoms with Gasteiger partial charge in [-0.2, -0.15) is 12.6 Å². The third-order valence-corrected chi connectivity index (χ3v) is 3.90. The van der Waals surface area contributed by atoms with Crippen LogP contribution < -0.4 is 5.32 Å². The number of thiol groups is 1. The number of anilines is 1. The van der Waals surface area contributed by atoms with Crippen LogP contribution in [0.3, 0.4) is 0 Å². The Bertz CT molecular complexity index is 443. The molecule has 1 fully saturated rings. The lowest BCUT2D eigenvalue weighted by Gasteiger charge is -2.12. The number of rotatable bonds is 4. The van der Waals surface area contributed by atoms with Gasteiger partial charge in [-0.25, -0.2) is 4.39 Å². The summed E-state index contributed by atoms with van der Waals surface area (Å²) in [5.41, 5.74) is 1.17. The van der Waals surface area contributed by atoms with Gasteiger partial charge in [0.05, 0.1) is 5.69 Å². The highest BCUT2D eigenvalue weighted by Gasteiger charge is 2.42. The van der Waals surface area contributed by atoms with Crippen LogP contribution in [-0.2, 0) is 4.79 Å². The monoisotopic (exact) mass is 253 g/mol. The quantitative estimate of drug-likeness (QED) is 0.793. The zero-order chi connectivity index (χ0) is 12.5. The molecule has 0 bridgehead atoms. The topological polar surface area (TPSA) is 29.1 Å². The van der Waals surface area contributed by atoms with Crippen LogP contribution in [0.5, 0.6) is 0 Å². The van der Waals surface area contributed by atoms with E-state index in [4.69, 9.17) is 0 Å². The summed E-state index contributed by atoms with van der Waals surface area (Å²) in [6.07, 6.45) is 2.52. The van der Waals surface area contributed by atoms with Gasteiger partial charge in [0.1, 0.15) is 5.82 Å². The summed E-state index contributed by atoms with van der Waals surface area (Å²) >= 11 is 4.24. The molecule has 1 aromatic carbocycles. The van der Waals surface area contributed by atoms with Gasteiger partial charge in [-0.3, -0.25) is 4.79 Å². The molecule has 0 spiro atoms. The van der Waals surface area contributed by atoms with Crippen molar-refractivity contribution in [1.82, 2.24) is 0 Å². The van der Waals surface area contributed by atoms with Crippen LogP contribution in [0.2, 0.25) is 0 Å². The summed E-state index contributed by atoms with van der Waals surface area (Å²) in [6.45, 7) is 1.81. The van der Waals surface area contributed by atoms with Gasteiger partial charge < -0.3 is 5.32 Å². The Hall–Kier alpha value is -1.03.